The molecule has 0 spiro atoms. The molecule has 17 heteroatoms. The number of carbonyl (C=O) groups excluding carboxylic acids is 2. The van der Waals surface area contributed by atoms with Crippen molar-refractivity contribution in [2.45, 2.75) is 89.3 Å². The van der Waals surface area contributed by atoms with Crippen LogP contribution >= 0.6 is 0 Å². The number of benzene rings is 1. The monoisotopic (exact) mass is 647 g/mol. The van der Waals surface area contributed by atoms with Crippen LogP contribution in [0.1, 0.15) is 80.5 Å². The third-order valence-corrected chi connectivity index (χ3v) is 7.98. The van der Waals surface area contributed by atoms with Crippen molar-refractivity contribution in [3.05, 3.63) is 47.3 Å². The van der Waals surface area contributed by atoms with E-state index < -0.39 is 67.0 Å². The van der Waals surface area contributed by atoms with Crippen molar-refractivity contribution in [3.63, 3.8) is 0 Å². The Morgan fingerprint density at radius 3 is 2.38 bits per heavy atom. The Kier molecular flexibility index (Phi) is 8.52. The molecule has 1 saturated carbocycles. The molecule has 45 heavy (non-hydrogen) atoms. The molecule has 2 aliphatic rings. The van der Waals surface area contributed by atoms with Crippen molar-refractivity contribution in [2.24, 2.45) is 5.92 Å². The largest absolute Gasteiger partial charge is 0.414 e. The number of fused-ring (bicyclic) bond motifs is 1. The third-order valence-electron chi connectivity index (χ3n) is 7.98. The summed E-state index contributed by atoms with van der Waals surface area (Å²) in [7, 11) is 0. The van der Waals surface area contributed by atoms with Crippen LogP contribution in [-0.4, -0.2) is 73.7 Å². The number of hydrogen-bond donors (Lipinski definition) is 3. The number of imidazole rings is 1. The maximum absolute atomic E-state index is 15.6. The average Bonchev–Trinajstić information content (AvgIpc) is 3.30. The van der Waals surface area contributed by atoms with Crippen molar-refractivity contribution in [2.75, 3.05) is 6.54 Å². The number of rotatable bonds is 10. The van der Waals surface area contributed by atoms with Crippen LogP contribution < -0.4 is 10.6 Å². The molecule has 10 nitrogen and oxygen atoms in total. The van der Waals surface area contributed by atoms with Crippen molar-refractivity contribution < 1.29 is 45.1 Å². The molecular formula is C28H32F7N7O3. The molecule has 1 aliphatic carbocycles. The van der Waals surface area contributed by atoms with Gasteiger partial charge in [0.15, 0.2) is 11.9 Å². The molecule has 1 aliphatic heterocycles. The lowest BCUT2D eigenvalue weighted by molar-refractivity contribution is -0.227. The van der Waals surface area contributed by atoms with Gasteiger partial charge in [-0.1, -0.05) is 0 Å². The number of nitrogens with one attached hydrogen (secondary N) is 3. The minimum Gasteiger partial charge on any atom is -0.364 e. The first-order chi connectivity index (χ1) is 21.0. The van der Waals surface area contributed by atoms with Gasteiger partial charge in [0.1, 0.15) is 29.1 Å². The standard InChI is InChI=1S/C28H32F7N7O3/c1-12(2)42-19(7-8-36-42)25(43)40-21(13(3)45-14(4)27(30,31)32)24-37-18-10-16(9-17(29)22(18)39-24)23(15-5-6-15)41-11-20(28(33,34)35)38-26(41)44/h7-10,12-15,20-21,23H,5-6,11H2,1-4H3,(H,37,39)(H,38,44)(H,40,43)/t13-,14-,20+,21+,23-/m1/s1. The molecule has 1 saturated heterocycles. The zero-order valence-electron chi connectivity index (χ0n) is 24.6. The molecule has 3 N–H and O–H groups in total. The Morgan fingerprint density at radius 1 is 1.11 bits per heavy atom. The second kappa shape index (κ2) is 11.8. The summed E-state index contributed by atoms with van der Waals surface area (Å²) in [6, 6.07) is -1.44. The van der Waals surface area contributed by atoms with Gasteiger partial charge in [0.05, 0.1) is 24.2 Å². The van der Waals surface area contributed by atoms with Crippen molar-refractivity contribution in [1.29, 1.82) is 0 Å². The van der Waals surface area contributed by atoms with E-state index in [1.807, 2.05) is 5.32 Å². The summed E-state index contributed by atoms with van der Waals surface area (Å²) in [6.07, 6.45) is -10.3. The third kappa shape index (κ3) is 6.72. The molecule has 5 rings (SSSR count). The molecule has 3 heterocycles. The molecule has 3 amide bonds. The van der Waals surface area contributed by atoms with Crippen LogP contribution in [0.15, 0.2) is 24.4 Å². The first-order valence-corrected chi connectivity index (χ1v) is 14.3. The van der Waals surface area contributed by atoms with E-state index in [4.69, 9.17) is 4.74 Å². The van der Waals surface area contributed by atoms with Gasteiger partial charge in [-0.05, 0) is 70.2 Å². The van der Waals surface area contributed by atoms with Gasteiger partial charge in [-0.3, -0.25) is 9.48 Å². The van der Waals surface area contributed by atoms with E-state index in [1.165, 1.54) is 29.9 Å². The summed E-state index contributed by atoms with van der Waals surface area (Å²) in [4.78, 5) is 34.0. The van der Waals surface area contributed by atoms with Crippen LogP contribution in [0, 0.1) is 11.7 Å². The lowest BCUT2D eigenvalue weighted by atomic mass is 9.99. The van der Waals surface area contributed by atoms with Crippen LogP contribution in [-0.2, 0) is 4.74 Å². The Labute approximate surface area is 252 Å². The smallest absolute Gasteiger partial charge is 0.364 e. The number of aromatic amines is 1. The summed E-state index contributed by atoms with van der Waals surface area (Å²) in [5.74, 6) is -1.89. The fourth-order valence-electron chi connectivity index (χ4n) is 5.54. The van der Waals surface area contributed by atoms with Gasteiger partial charge in [-0.25, -0.2) is 14.2 Å². The van der Waals surface area contributed by atoms with Gasteiger partial charge in [0, 0.05) is 12.2 Å². The van der Waals surface area contributed by atoms with Crippen LogP contribution in [0.25, 0.3) is 11.0 Å². The number of H-pyrrole nitrogens is 1. The molecule has 0 unspecified atom stereocenters. The Morgan fingerprint density at radius 2 is 1.80 bits per heavy atom. The highest BCUT2D eigenvalue weighted by Gasteiger charge is 2.51. The second-order valence-electron chi connectivity index (χ2n) is 11.7. The number of ether oxygens (including phenoxy) is 1. The van der Waals surface area contributed by atoms with Crippen LogP contribution in [0.4, 0.5) is 35.5 Å². The van der Waals surface area contributed by atoms with Crippen molar-refractivity contribution >= 4 is 23.0 Å². The molecule has 0 bridgehead atoms. The SMILES string of the molecule is CC(C)n1nccc1C(=O)N[C@H](c1nc2c(F)cc([C@@H](C3CC3)N3C[C@@H](C(F)(F)F)NC3=O)cc2[nH]1)[C@@H](C)O[C@H](C)C(F)(F)F. The number of amides is 3. The first-order valence-electron chi connectivity index (χ1n) is 14.3. The van der Waals surface area contributed by atoms with E-state index in [2.05, 4.69) is 20.4 Å². The number of alkyl halides is 6. The molecule has 2 fully saturated rings. The summed E-state index contributed by atoms with van der Waals surface area (Å²) in [6.45, 7) is 5.02. The van der Waals surface area contributed by atoms with E-state index in [0.717, 1.165) is 17.9 Å². The molecule has 0 radical (unpaired) electrons. The first kappa shape index (κ1) is 32.5. The highest BCUT2D eigenvalue weighted by molar-refractivity contribution is 5.93. The van der Waals surface area contributed by atoms with Gasteiger partial charge in [0.2, 0.25) is 0 Å². The van der Waals surface area contributed by atoms with E-state index in [-0.39, 0.29) is 40.1 Å². The van der Waals surface area contributed by atoms with Gasteiger partial charge in [-0.15, -0.1) is 0 Å². The summed E-state index contributed by atoms with van der Waals surface area (Å²) in [5, 5.41) is 8.66. The van der Waals surface area contributed by atoms with Crippen LogP contribution in [0.2, 0.25) is 0 Å². The number of urea groups is 1. The number of hydrogen-bond acceptors (Lipinski definition) is 5. The fraction of sp³-hybridized carbons (Fsp3) is 0.571. The summed E-state index contributed by atoms with van der Waals surface area (Å²) in [5.41, 5.74) is 0.195. The Hall–Kier alpha value is -3.89. The number of aromatic nitrogens is 4. The zero-order valence-corrected chi connectivity index (χ0v) is 24.6. The van der Waals surface area contributed by atoms with E-state index in [0.29, 0.717) is 12.8 Å². The van der Waals surface area contributed by atoms with Crippen molar-refractivity contribution in [3.8, 4) is 0 Å². The summed E-state index contributed by atoms with van der Waals surface area (Å²) >= 11 is 0. The van der Waals surface area contributed by atoms with E-state index in [1.54, 1.807) is 13.8 Å². The van der Waals surface area contributed by atoms with Gasteiger partial charge in [-0.2, -0.15) is 31.4 Å². The minimum atomic E-state index is -4.71. The lowest BCUT2D eigenvalue weighted by Gasteiger charge is -2.28. The van der Waals surface area contributed by atoms with Crippen LogP contribution in [0.5, 0.6) is 0 Å². The second-order valence-corrected chi connectivity index (χ2v) is 11.7. The minimum absolute atomic E-state index is 0.0696. The van der Waals surface area contributed by atoms with E-state index >= 15 is 4.39 Å². The zero-order chi connectivity index (χ0) is 33.0. The molecule has 5 atom stereocenters. The van der Waals surface area contributed by atoms with Gasteiger partial charge in [0.25, 0.3) is 5.91 Å². The van der Waals surface area contributed by atoms with Crippen molar-refractivity contribution in [1.82, 2.24) is 35.3 Å². The van der Waals surface area contributed by atoms with Gasteiger partial charge >= 0.3 is 18.4 Å². The summed E-state index contributed by atoms with van der Waals surface area (Å²) < 4.78 is 102. The predicted octanol–water partition coefficient (Wildman–Crippen LogP) is 5.71. The Bertz CT molecular complexity index is 1560. The molecule has 246 valence electrons. The topological polar surface area (TPSA) is 117 Å². The molecule has 2 aromatic heterocycles. The number of carbonyl (C=O) groups is 2. The molecular weight excluding hydrogens is 615 g/mol. The average molecular weight is 648 g/mol. The van der Waals surface area contributed by atoms with Gasteiger partial charge < -0.3 is 25.3 Å². The highest BCUT2D eigenvalue weighted by Crippen LogP contribution is 2.46. The predicted molar refractivity (Wildman–Crippen MR) is 145 cm³/mol. The quantitative estimate of drug-likeness (QED) is 0.244. The Balaban J connectivity index is 1.50. The normalized spacial score (nSPS) is 20.4. The van der Waals surface area contributed by atoms with E-state index in [9.17, 15) is 35.9 Å². The van der Waals surface area contributed by atoms with Crippen LogP contribution in [0.3, 0.4) is 0 Å². The lowest BCUT2D eigenvalue weighted by Crippen LogP contribution is -2.41. The highest BCUT2D eigenvalue weighted by atomic mass is 19.4. The maximum Gasteiger partial charge on any atom is 0.414 e. The molecule has 1 aromatic carbocycles. The molecule has 3 aromatic rings. The fourth-order valence-corrected chi connectivity index (χ4v) is 5.54. The maximum atomic E-state index is 15.6. The number of nitrogens with zero attached hydrogens (tertiary/aromatic N) is 4. The number of halogens is 7.